The SMILES string of the molecule is CCC1=CCCc2cc(-c3ccc(OC(F)(F)F)cc3)ccc21. The Morgan fingerprint density at radius 2 is 1.70 bits per heavy atom. The quantitative estimate of drug-likeness (QED) is 0.675. The van der Waals surface area contributed by atoms with Crippen LogP contribution in [-0.2, 0) is 6.42 Å². The molecule has 0 heterocycles. The third-order valence-electron chi connectivity index (χ3n) is 4.06. The van der Waals surface area contributed by atoms with Gasteiger partial charge < -0.3 is 4.74 Å². The lowest BCUT2D eigenvalue weighted by Crippen LogP contribution is -2.16. The minimum absolute atomic E-state index is 0.199. The highest BCUT2D eigenvalue weighted by Crippen LogP contribution is 2.33. The minimum atomic E-state index is -4.66. The zero-order chi connectivity index (χ0) is 16.4. The third kappa shape index (κ3) is 3.58. The molecule has 0 N–H and O–H groups in total. The molecule has 0 saturated carbocycles. The van der Waals surface area contributed by atoms with Gasteiger partial charge in [-0.15, -0.1) is 13.2 Å². The Bertz CT molecular complexity index is 727. The summed E-state index contributed by atoms with van der Waals surface area (Å²) in [5.74, 6) is -0.199. The highest BCUT2D eigenvalue weighted by molar-refractivity contribution is 5.74. The maximum atomic E-state index is 12.2. The zero-order valence-electron chi connectivity index (χ0n) is 12.8. The van der Waals surface area contributed by atoms with Gasteiger partial charge in [0.15, 0.2) is 0 Å². The van der Waals surface area contributed by atoms with Crippen LogP contribution in [0.2, 0.25) is 0 Å². The lowest BCUT2D eigenvalue weighted by atomic mass is 9.87. The van der Waals surface area contributed by atoms with E-state index in [2.05, 4.69) is 29.9 Å². The molecule has 0 spiro atoms. The van der Waals surface area contributed by atoms with Crippen molar-refractivity contribution >= 4 is 5.57 Å². The van der Waals surface area contributed by atoms with Crippen molar-refractivity contribution < 1.29 is 17.9 Å². The van der Waals surface area contributed by atoms with E-state index in [0.29, 0.717) is 0 Å². The molecule has 0 atom stereocenters. The van der Waals surface area contributed by atoms with Gasteiger partial charge in [0.2, 0.25) is 0 Å². The molecular weight excluding hydrogens is 301 g/mol. The summed E-state index contributed by atoms with van der Waals surface area (Å²) < 4.78 is 40.5. The molecule has 1 aliphatic rings. The number of rotatable bonds is 3. The largest absolute Gasteiger partial charge is 0.573 e. The number of ether oxygens (including phenoxy) is 1. The number of halogens is 3. The number of hydrogen-bond acceptors (Lipinski definition) is 1. The van der Waals surface area contributed by atoms with Crippen molar-refractivity contribution in [2.24, 2.45) is 0 Å². The molecule has 0 amide bonds. The Balaban J connectivity index is 1.87. The predicted octanol–water partition coefficient (Wildman–Crippen LogP) is 5.99. The second-order valence-corrected chi connectivity index (χ2v) is 5.57. The van der Waals surface area contributed by atoms with E-state index >= 15 is 0 Å². The van der Waals surface area contributed by atoms with Gasteiger partial charge in [0, 0.05) is 0 Å². The van der Waals surface area contributed by atoms with Crippen LogP contribution in [0.1, 0.15) is 30.9 Å². The Labute approximate surface area is 133 Å². The first-order chi connectivity index (χ1) is 11.0. The van der Waals surface area contributed by atoms with Crippen LogP contribution in [0, 0.1) is 0 Å². The van der Waals surface area contributed by atoms with Gasteiger partial charge in [-0.2, -0.15) is 0 Å². The molecule has 0 unspecified atom stereocenters. The molecule has 4 heteroatoms. The van der Waals surface area contributed by atoms with Gasteiger partial charge in [-0.1, -0.05) is 43.3 Å². The van der Waals surface area contributed by atoms with E-state index in [4.69, 9.17) is 0 Å². The fraction of sp³-hybridized carbons (Fsp3) is 0.263. The molecule has 0 bridgehead atoms. The van der Waals surface area contributed by atoms with E-state index in [1.165, 1.54) is 28.8 Å². The lowest BCUT2D eigenvalue weighted by Gasteiger charge is -2.18. The molecule has 2 aromatic rings. The van der Waals surface area contributed by atoms with Crippen LogP contribution >= 0.6 is 0 Å². The molecule has 23 heavy (non-hydrogen) atoms. The van der Waals surface area contributed by atoms with Crippen molar-refractivity contribution in [3.05, 3.63) is 59.7 Å². The second kappa shape index (κ2) is 6.11. The number of hydrogen-bond donors (Lipinski definition) is 0. The number of fused-ring (bicyclic) bond motifs is 1. The Morgan fingerprint density at radius 3 is 2.35 bits per heavy atom. The summed E-state index contributed by atoms with van der Waals surface area (Å²) in [7, 11) is 0. The van der Waals surface area contributed by atoms with Gasteiger partial charge in [-0.05, 0) is 59.2 Å². The zero-order valence-corrected chi connectivity index (χ0v) is 12.8. The Hall–Kier alpha value is -2.23. The van der Waals surface area contributed by atoms with E-state index in [1.807, 2.05) is 6.07 Å². The van der Waals surface area contributed by atoms with Crippen molar-refractivity contribution in [2.45, 2.75) is 32.5 Å². The van der Waals surface area contributed by atoms with Gasteiger partial charge in [-0.3, -0.25) is 0 Å². The van der Waals surface area contributed by atoms with E-state index in [-0.39, 0.29) is 5.75 Å². The first-order valence-electron chi connectivity index (χ1n) is 7.65. The average Bonchev–Trinajstić information content (AvgIpc) is 2.53. The first kappa shape index (κ1) is 15.7. The standard InChI is InChI=1S/C19H17F3O/c1-2-13-4-3-5-16-12-15(8-11-18(13)16)14-6-9-17(10-7-14)23-19(20,21)22/h4,6-12H,2-3,5H2,1H3. The second-order valence-electron chi connectivity index (χ2n) is 5.57. The van der Waals surface area contributed by atoms with E-state index in [1.54, 1.807) is 12.1 Å². The van der Waals surface area contributed by atoms with Crippen LogP contribution in [-0.4, -0.2) is 6.36 Å². The van der Waals surface area contributed by atoms with Crippen LogP contribution in [0.5, 0.6) is 5.75 Å². The normalized spacial score (nSPS) is 14.2. The summed E-state index contributed by atoms with van der Waals surface area (Å²) in [6.45, 7) is 2.15. The fourth-order valence-electron chi connectivity index (χ4n) is 2.99. The van der Waals surface area contributed by atoms with E-state index in [0.717, 1.165) is 30.4 Å². The van der Waals surface area contributed by atoms with Crippen LogP contribution in [0.3, 0.4) is 0 Å². The highest BCUT2D eigenvalue weighted by atomic mass is 19.4. The Morgan fingerprint density at radius 1 is 1.00 bits per heavy atom. The van der Waals surface area contributed by atoms with Crippen LogP contribution in [0.4, 0.5) is 13.2 Å². The first-order valence-corrected chi connectivity index (χ1v) is 7.65. The molecule has 2 aromatic carbocycles. The Kier molecular flexibility index (Phi) is 4.16. The maximum absolute atomic E-state index is 12.2. The summed E-state index contributed by atoms with van der Waals surface area (Å²) in [5, 5.41) is 0. The predicted molar refractivity (Wildman–Crippen MR) is 85.2 cm³/mol. The average molecular weight is 318 g/mol. The fourth-order valence-corrected chi connectivity index (χ4v) is 2.99. The highest BCUT2D eigenvalue weighted by Gasteiger charge is 2.30. The third-order valence-corrected chi connectivity index (χ3v) is 4.06. The van der Waals surface area contributed by atoms with Gasteiger partial charge in [0.25, 0.3) is 0 Å². The molecule has 1 aliphatic carbocycles. The van der Waals surface area contributed by atoms with E-state index < -0.39 is 6.36 Å². The maximum Gasteiger partial charge on any atom is 0.573 e. The van der Waals surface area contributed by atoms with Crippen molar-refractivity contribution in [2.75, 3.05) is 0 Å². The van der Waals surface area contributed by atoms with Crippen LogP contribution < -0.4 is 4.74 Å². The lowest BCUT2D eigenvalue weighted by molar-refractivity contribution is -0.274. The summed E-state index contributed by atoms with van der Waals surface area (Å²) in [4.78, 5) is 0. The van der Waals surface area contributed by atoms with Crippen molar-refractivity contribution in [3.8, 4) is 16.9 Å². The van der Waals surface area contributed by atoms with Crippen molar-refractivity contribution in [3.63, 3.8) is 0 Å². The molecule has 120 valence electrons. The molecule has 0 radical (unpaired) electrons. The number of alkyl halides is 3. The van der Waals surface area contributed by atoms with Crippen molar-refractivity contribution in [1.29, 1.82) is 0 Å². The summed E-state index contributed by atoms with van der Waals surface area (Å²) >= 11 is 0. The minimum Gasteiger partial charge on any atom is -0.406 e. The van der Waals surface area contributed by atoms with Crippen molar-refractivity contribution in [1.82, 2.24) is 0 Å². The van der Waals surface area contributed by atoms with Gasteiger partial charge in [-0.25, -0.2) is 0 Å². The number of benzene rings is 2. The molecular formula is C19H17F3O. The molecule has 3 rings (SSSR count). The molecule has 0 fully saturated rings. The monoisotopic (exact) mass is 318 g/mol. The van der Waals surface area contributed by atoms with Crippen LogP contribution in [0.25, 0.3) is 16.7 Å². The molecule has 1 nitrogen and oxygen atoms in total. The molecule has 0 aromatic heterocycles. The summed E-state index contributed by atoms with van der Waals surface area (Å²) in [6.07, 6.45) is 0.678. The van der Waals surface area contributed by atoms with Gasteiger partial charge in [0.05, 0.1) is 0 Å². The number of aryl methyl sites for hydroxylation is 1. The molecule has 0 aliphatic heterocycles. The topological polar surface area (TPSA) is 9.23 Å². The summed E-state index contributed by atoms with van der Waals surface area (Å²) in [6, 6.07) is 12.3. The summed E-state index contributed by atoms with van der Waals surface area (Å²) in [5.41, 5.74) is 5.86. The number of allylic oxidation sites excluding steroid dienone is 2. The van der Waals surface area contributed by atoms with Gasteiger partial charge in [0.1, 0.15) is 5.75 Å². The van der Waals surface area contributed by atoms with Crippen LogP contribution in [0.15, 0.2) is 48.5 Å². The van der Waals surface area contributed by atoms with Gasteiger partial charge >= 0.3 is 6.36 Å². The van der Waals surface area contributed by atoms with E-state index in [9.17, 15) is 13.2 Å². The molecule has 0 saturated heterocycles. The smallest absolute Gasteiger partial charge is 0.406 e.